The molecule has 1 rings (SSSR count). The highest BCUT2D eigenvalue weighted by atomic mass is 19.1. The summed E-state index contributed by atoms with van der Waals surface area (Å²) in [5, 5.41) is 0. The molecule has 1 unspecified atom stereocenters. The number of hydrogen-bond donors (Lipinski definition) is 1. The molecule has 1 atom stereocenters. The van der Waals surface area contributed by atoms with Gasteiger partial charge in [0.2, 0.25) is 0 Å². The normalized spacial score (nSPS) is 12.8. The topological polar surface area (TPSA) is 35.2 Å². The van der Waals surface area contributed by atoms with E-state index in [9.17, 15) is 8.78 Å². The van der Waals surface area contributed by atoms with Gasteiger partial charge in [0.25, 0.3) is 0 Å². The van der Waals surface area contributed by atoms with Gasteiger partial charge in [0.05, 0.1) is 0 Å². The van der Waals surface area contributed by atoms with Gasteiger partial charge in [0.1, 0.15) is 11.6 Å². The molecular formula is C12H17F2NO. The third-order valence-electron chi connectivity index (χ3n) is 2.45. The van der Waals surface area contributed by atoms with Crippen molar-refractivity contribution in [3.05, 3.63) is 35.4 Å². The lowest BCUT2D eigenvalue weighted by Gasteiger charge is -2.12. The van der Waals surface area contributed by atoms with E-state index in [-0.39, 0.29) is 18.0 Å². The number of ether oxygens (including phenoxy) is 1. The van der Waals surface area contributed by atoms with E-state index < -0.39 is 11.6 Å². The zero-order valence-corrected chi connectivity index (χ0v) is 9.38. The summed E-state index contributed by atoms with van der Waals surface area (Å²) in [5.74, 6) is -1.05. The third kappa shape index (κ3) is 3.87. The van der Waals surface area contributed by atoms with Crippen LogP contribution >= 0.6 is 0 Å². The van der Waals surface area contributed by atoms with Crippen LogP contribution in [0.5, 0.6) is 0 Å². The molecule has 0 aliphatic heterocycles. The van der Waals surface area contributed by atoms with Crippen molar-refractivity contribution in [2.24, 2.45) is 5.73 Å². The molecule has 0 aromatic heterocycles. The van der Waals surface area contributed by atoms with Crippen molar-refractivity contribution in [3.63, 3.8) is 0 Å². The highest BCUT2D eigenvalue weighted by Crippen LogP contribution is 2.15. The molecule has 0 aliphatic rings. The molecule has 16 heavy (non-hydrogen) atoms. The molecule has 0 heterocycles. The van der Waals surface area contributed by atoms with E-state index in [1.54, 1.807) is 7.11 Å². The molecule has 0 spiro atoms. The molecule has 0 aliphatic carbocycles. The molecule has 90 valence electrons. The fourth-order valence-electron chi connectivity index (χ4n) is 1.58. The maximum absolute atomic E-state index is 13.3. The average molecular weight is 229 g/mol. The molecule has 2 N–H and O–H groups in total. The Morgan fingerprint density at radius 1 is 1.31 bits per heavy atom. The first kappa shape index (κ1) is 13.1. The first-order chi connectivity index (χ1) is 7.65. The molecule has 0 radical (unpaired) electrons. The van der Waals surface area contributed by atoms with Gasteiger partial charge in [0.15, 0.2) is 0 Å². The smallest absolute Gasteiger partial charge is 0.129 e. The Kier molecular flexibility index (Phi) is 5.35. The van der Waals surface area contributed by atoms with Crippen molar-refractivity contribution in [2.75, 3.05) is 13.7 Å². The summed E-state index contributed by atoms with van der Waals surface area (Å²) >= 11 is 0. The molecule has 0 saturated carbocycles. The van der Waals surface area contributed by atoms with Gasteiger partial charge in [-0.1, -0.05) is 6.07 Å². The van der Waals surface area contributed by atoms with Crippen LogP contribution in [0.1, 0.15) is 18.4 Å². The zero-order chi connectivity index (χ0) is 12.0. The van der Waals surface area contributed by atoms with Crippen LogP contribution < -0.4 is 5.73 Å². The minimum atomic E-state index is -0.526. The van der Waals surface area contributed by atoms with E-state index in [1.165, 1.54) is 18.2 Å². The molecule has 1 aromatic rings. The van der Waals surface area contributed by atoms with Crippen LogP contribution in [0.25, 0.3) is 0 Å². The summed E-state index contributed by atoms with van der Waals surface area (Å²) in [7, 11) is 1.61. The Hall–Kier alpha value is -1.00. The second kappa shape index (κ2) is 6.55. The Morgan fingerprint density at radius 2 is 1.94 bits per heavy atom. The first-order valence-electron chi connectivity index (χ1n) is 5.32. The Morgan fingerprint density at radius 3 is 2.50 bits per heavy atom. The monoisotopic (exact) mass is 229 g/mol. The minimum Gasteiger partial charge on any atom is -0.385 e. The Bertz CT molecular complexity index is 311. The quantitative estimate of drug-likeness (QED) is 0.759. The molecule has 1 aromatic carbocycles. The van der Waals surface area contributed by atoms with Crippen LogP contribution in [0, 0.1) is 11.6 Å². The van der Waals surface area contributed by atoms with E-state index in [0.717, 1.165) is 6.42 Å². The van der Waals surface area contributed by atoms with Gasteiger partial charge in [-0.05, 0) is 31.4 Å². The SMILES string of the molecule is COCCCC(N)Cc1c(F)cccc1F. The highest BCUT2D eigenvalue weighted by Gasteiger charge is 2.12. The minimum absolute atomic E-state index is 0.0763. The van der Waals surface area contributed by atoms with E-state index >= 15 is 0 Å². The van der Waals surface area contributed by atoms with Crippen LogP contribution in [-0.2, 0) is 11.2 Å². The lowest BCUT2D eigenvalue weighted by atomic mass is 10.0. The maximum Gasteiger partial charge on any atom is 0.129 e. The summed E-state index contributed by atoms with van der Waals surface area (Å²) < 4.78 is 31.4. The van der Waals surface area contributed by atoms with E-state index in [0.29, 0.717) is 13.0 Å². The van der Waals surface area contributed by atoms with Crippen LogP contribution in [0.4, 0.5) is 8.78 Å². The molecule has 2 nitrogen and oxygen atoms in total. The van der Waals surface area contributed by atoms with Crippen molar-refractivity contribution in [1.29, 1.82) is 0 Å². The van der Waals surface area contributed by atoms with Gasteiger partial charge < -0.3 is 10.5 Å². The van der Waals surface area contributed by atoms with Crippen LogP contribution in [0.15, 0.2) is 18.2 Å². The second-order valence-electron chi connectivity index (χ2n) is 3.80. The molecule has 4 heteroatoms. The lowest BCUT2D eigenvalue weighted by Crippen LogP contribution is -2.24. The van der Waals surface area contributed by atoms with Gasteiger partial charge in [-0.2, -0.15) is 0 Å². The highest BCUT2D eigenvalue weighted by molar-refractivity contribution is 5.20. The van der Waals surface area contributed by atoms with Gasteiger partial charge in [-0.15, -0.1) is 0 Å². The summed E-state index contributed by atoms with van der Waals surface area (Å²) in [6.07, 6.45) is 1.72. The van der Waals surface area contributed by atoms with Crippen LogP contribution in [0.3, 0.4) is 0 Å². The molecule has 0 amide bonds. The lowest BCUT2D eigenvalue weighted by molar-refractivity contribution is 0.190. The number of rotatable bonds is 6. The van der Waals surface area contributed by atoms with Gasteiger partial charge in [0, 0.05) is 25.3 Å². The maximum atomic E-state index is 13.3. The third-order valence-corrected chi connectivity index (χ3v) is 2.45. The number of benzene rings is 1. The van der Waals surface area contributed by atoms with Gasteiger partial charge in [-0.25, -0.2) is 8.78 Å². The van der Waals surface area contributed by atoms with Crippen LogP contribution in [-0.4, -0.2) is 19.8 Å². The number of hydrogen-bond acceptors (Lipinski definition) is 2. The fourth-order valence-corrected chi connectivity index (χ4v) is 1.58. The van der Waals surface area contributed by atoms with Crippen molar-refractivity contribution in [2.45, 2.75) is 25.3 Å². The van der Waals surface area contributed by atoms with E-state index in [2.05, 4.69) is 0 Å². The van der Waals surface area contributed by atoms with Crippen LogP contribution in [0.2, 0.25) is 0 Å². The van der Waals surface area contributed by atoms with Gasteiger partial charge in [-0.3, -0.25) is 0 Å². The predicted molar refractivity (Wildman–Crippen MR) is 59.1 cm³/mol. The summed E-state index contributed by atoms with van der Waals surface area (Å²) in [4.78, 5) is 0. The number of nitrogens with two attached hydrogens (primary N) is 1. The molecular weight excluding hydrogens is 212 g/mol. The summed E-state index contributed by atoms with van der Waals surface area (Å²) in [6.45, 7) is 0.619. The Labute approximate surface area is 94.4 Å². The zero-order valence-electron chi connectivity index (χ0n) is 9.38. The molecule has 0 bridgehead atoms. The van der Waals surface area contributed by atoms with Crippen molar-refractivity contribution < 1.29 is 13.5 Å². The molecule has 0 saturated heterocycles. The summed E-state index contributed by atoms with van der Waals surface area (Å²) in [6, 6.07) is 3.62. The average Bonchev–Trinajstić information content (AvgIpc) is 2.24. The standard InChI is InChI=1S/C12H17F2NO/c1-16-7-3-4-9(15)8-10-11(13)5-2-6-12(10)14/h2,5-6,9H,3-4,7-8,15H2,1H3. The summed E-state index contributed by atoms with van der Waals surface area (Å²) in [5.41, 5.74) is 5.87. The van der Waals surface area contributed by atoms with E-state index in [1.807, 2.05) is 0 Å². The number of halogens is 2. The first-order valence-corrected chi connectivity index (χ1v) is 5.32. The van der Waals surface area contributed by atoms with E-state index in [4.69, 9.17) is 10.5 Å². The fraction of sp³-hybridized carbons (Fsp3) is 0.500. The second-order valence-corrected chi connectivity index (χ2v) is 3.80. The van der Waals surface area contributed by atoms with Crippen molar-refractivity contribution in [3.8, 4) is 0 Å². The molecule has 0 fully saturated rings. The Balaban J connectivity index is 2.52. The van der Waals surface area contributed by atoms with Gasteiger partial charge >= 0.3 is 0 Å². The van der Waals surface area contributed by atoms with Crippen molar-refractivity contribution >= 4 is 0 Å². The number of methoxy groups -OCH3 is 1. The van der Waals surface area contributed by atoms with Crippen molar-refractivity contribution in [1.82, 2.24) is 0 Å². The largest absolute Gasteiger partial charge is 0.385 e. The predicted octanol–water partition coefficient (Wildman–Crippen LogP) is 2.26.